The molecule has 0 amide bonds. The van der Waals surface area contributed by atoms with E-state index in [0.717, 1.165) is 11.1 Å². The molecule has 0 aliphatic carbocycles. The van der Waals surface area contributed by atoms with E-state index in [-0.39, 0.29) is 19.1 Å². The van der Waals surface area contributed by atoms with E-state index in [1.165, 1.54) is 5.56 Å². The van der Waals surface area contributed by atoms with E-state index in [1.54, 1.807) is 0 Å². The van der Waals surface area contributed by atoms with E-state index in [9.17, 15) is 0 Å². The van der Waals surface area contributed by atoms with Crippen molar-refractivity contribution in [2.75, 3.05) is 13.2 Å². The van der Waals surface area contributed by atoms with Crippen LogP contribution in [0.5, 0.6) is 0 Å². The Labute approximate surface area is 101 Å². The monoisotopic (exact) mass is 228 g/mol. The fraction of sp³-hybridized carbons (Fsp3) is 0.200. The van der Waals surface area contributed by atoms with Gasteiger partial charge in [-0.2, -0.15) is 0 Å². The molecule has 2 heteroatoms. The summed E-state index contributed by atoms with van der Waals surface area (Å²) < 4.78 is 0. The van der Waals surface area contributed by atoms with Crippen LogP contribution in [0.2, 0.25) is 0 Å². The number of aliphatic hydroxyl groups is 2. The third-order valence-electron chi connectivity index (χ3n) is 2.93. The lowest BCUT2D eigenvalue weighted by atomic mass is 9.97. The van der Waals surface area contributed by atoms with Gasteiger partial charge in [0.1, 0.15) is 0 Å². The maximum absolute atomic E-state index is 9.11. The van der Waals surface area contributed by atoms with E-state index in [2.05, 4.69) is 12.1 Å². The van der Waals surface area contributed by atoms with Gasteiger partial charge in [0.2, 0.25) is 0 Å². The summed E-state index contributed by atoms with van der Waals surface area (Å²) in [6.07, 6.45) is 0. The van der Waals surface area contributed by atoms with Crippen LogP contribution in [-0.2, 0) is 0 Å². The van der Waals surface area contributed by atoms with Gasteiger partial charge in [0.15, 0.2) is 0 Å². The van der Waals surface area contributed by atoms with Crippen LogP contribution in [0.1, 0.15) is 11.5 Å². The van der Waals surface area contributed by atoms with Crippen LogP contribution < -0.4 is 0 Å². The Bertz CT molecular complexity index is 444. The van der Waals surface area contributed by atoms with Crippen LogP contribution in [0.3, 0.4) is 0 Å². The molecule has 0 spiro atoms. The van der Waals surface area contributed by atoms with E-state index < -0.39 is 0 Å². The Morgan fingerprint density at radius 3 is 1.76 bits per heavy atom. The van der Waals surface area contributed by atoms with Crippen molar-refractivity contribution in [3.05, 3.63) is 60.2 Å². The average Bonchev–Trinajstić information content (AvgIpc) is 2.42. The molecule has 88 valence electrons. The van der Waals surface area contributed by atoms with Crippen molar-refractivity contribution in [3.63, 3.8) is 0 Å². The second-order valence-electron chi connectivity index (χ2n) is 4.05. The van der Waals surface area contributed by atoms with Crippen molar-refractivity contribution in [1.82, 2.24) is 0 Å². The third kappa shape index (κ3) is 2.73. The molecule has 0 saturated heterocycles. The Morgan fingerprint density at radius 1 is 0.706 bits per heavy atom. The zero-order valence-corrected chi connectivity index (χ0v) is 9.58. The summed E-state index contributed by atoms with van der Waals surface area (Å²) in [5.41, 5.74) is 3.28. The highest BCUT2D eigenvalue weighted by Crippen LogP contribution is 2.22. The van der Waals surface area contributed by atoms with Gasteiger partial charge in [-0.05, 0) is 16.7 Å². The molecule has 2 aromatic rings. The molecule has 0 heterocycles. The van der Waals surface area contributed by atoms with Gasteiger partial charge >= 0.3 is 0 Å². The van der Waals surface area contributed by atoms with Gasteiger partial charge in [-0.25, -0.2) is 0 Å². The smallest absolute Gasteiger partial charge is 0.0521 e. The highest BCUT2D eigenvalue weighted by atomic mass is 16.3. The number of benzene rings is 2. The molecule has 0 aliphatic heterocycles. The molecular weight excluding hydrogens is 212 g/mol. The van der Waals surface area contributed by atoms with E-state index in [0.29, 0.717) is 0 Å². The summed E-state index contributed by atoms with van der Waals surface area (Å²) in [5.74, 6) is -0.181. The summed E-state index contributed by atoms with van der Waals surface area (Å²) in [7, 11) is 0. The lowest BCUT2D eigenvalue weighted by Crippen LogP contribution is -2.08. The van der Waals surface area contributed by atoms with Crippen LogP contribution in [0.15, 0.2) is 54.6 Å². The molecule has 0 saturated carbocycles. The van der Waals surface area contributed by atoms with E-state index in [4.69, 9.17) is 10.2 Å². The Kier molecular flexibility index (Phi) is 3.91. The van der Waals surface area contributed by atoms with Gasteiger partial charge in [0.25, 0.3) is 0 Å². The highest BCUT2D eigenvalue weighted by molar-refractivity contribution is 5.63. The van der Waals surface area contributed by atoms with Crippen LogP contribution in [0.25, 0.3) is 11.1 Å². The fourth-order valence-corrected chi connectivity index (χ4v) is 1.85. The predicted molar refractivity (Wildman–Crippen MR) is 68.8 cm³/mol. The lowest BCUT2D eigenvalue weighted by Gasteiger charge is -2.11. The number of hydrogen-bond acceptors (Lipinski definition) is 2. The van der Waals surface area contributed by atoms with Gasteiger partial charge in [0.05, 0.1) is 13.2 Å². The van der Waals surface area contributed by atoms with Crippen LogP contribution in [-0.4, -0.2) is 23.4 Å². The molecular formula is C15H16O2. The number of hydrogen-bond donors (Lipinski definition) is 2. The molecule has 2 nitrogen and oxygen atoms in total. The number of aliphatic hydroxyl groups excluding tert-OH is 2. The average molecular weight is 228 g/mol. The van der Waals surface area contributed by atoms with Gasteiger partial charge in [-0.1, -0.05) is 54.6 Å². The van der Waals surface area contributed by atoms with E-state index in [1.807, 2.05) is 42.5 Å². The molecule has 0 unspecified atom stereocenters. The predicted octanol–water partition coefficient (Wildman–Crippen LogP) is 2.42. The summed E-state index contributed by atoms with van der Waals surface area (Å²) in [5, 5.41) is 18.2. The second kappa shape index (κ2) is 5.62. The molecule has 17 heavy (non-hydrogen) atoms. The fourth-order valence-electron chi connectivity index (χ4n) is 1.85. The number of rotatable bonds is 4. The zero-order valence-electron chi connectivity index (χ0n) is 9.58. The minimum Gasteiger partial charge on any atom is -0.396 e. The van der Waals surface area contributed by atoms with Crippen molar-refractivity contribution in [3.8, 4) is 11.1 Å². The summed E-state index contributed by atoms with van der Waals surface area (Å²) in [6, 6.07) is 18.1. The second-order valence-corrected chi connectivity index (χ2v) is 4.05. The summed E-state index contributed by atoms with van der Waals surface area (Å²) >= 11 is 0. The topological polar surface area (TPSA) is 40.5 Å². The van der Waals surface area contributed by atoms with Crippen molar-refractivity contribution in [2.45, 2.75) is 5.92 Å². The van der Waals surface area contributed by atoms with Gasteiger partial charge in [0, 0.05) is 5.92 Å². The quantitative estimate of drug-likeness (QED) is 0.843. The molecule has 0 aromatic heterocycles. The first-order valence-corrected chi connectivity index (χ1v) is 5.72. The van der Waals surface area contributed by atoms with E-state index >= 15 is 0 Å². The molecule has 2 aromatic carbocycles. The standard InChI is InChI=1S/C15H16O2/c16-10-15(11-17)14-8-6-13(7-9-14)12-4-2-1-3-5-12/h1-9,15-17H,10-11H2. The van der Waals surface area contributed by atoms with Crippen molar-refractivity contribution in [1.29, 1.82) is 0 Å². The molecule has 0 fully saturated rings. The Morgan fingerprint density at radius 2 is 1.24 bits per heavy atom. The SMILES string of the molecule is OCC(CO)c1ccc(-c2ccccc2)cc1. The van der Waals surface area contributed by atoms with Crippen LogP contribution >= 0.6 is 0 Å². The highest BCUT2D eigenvalue weighted by Gasteiger charge is 2.08. The van der Waals surface area contributed by atoms with Gasteiger partial charge in [-0.3, -0.25) is 0 Å². The van der Waals surface area contributed by atoms with Crippen LogP contribution in [0, 0.1) is 0 Å². The van der Waals surface area contributed by atoms with Gasteiger partial charge < -0.3 is 10.2 Å². The molecule has 0 aliphatic rings. The maximum atomic E-state index is 9.11. The first kappa shape index (κ1) is 11.8. The maximum Gasteiger partial charge on any atom is 0.0521 e. The molecule has 2 N–H and O–H groups in total. The molecule has 0 atom stereocenters. The summed E-state index contributed by atoms with van der Waals surface area (Å²) in [4.78, 5) is 0. The Hall–Kier alpha value is -1.64. The molecule has 0 bridgehead atoms. The minimum absolute atomic E-state index is 0.0266. The summed E-state index contributed by atoms with van der Waals surface area (Å²) in [6.45, 7) is -0.0532. The van der Waals surface area contributed by atoms with Crippen LogP contribution in [0.4, 0.5) is 0 Å². The third-order valence-corrected chi connectivity index (χ3v) is 2.93. The largest absolute Gasteiger partial charge is 0.396 e. The van der Waals surface area contributed by atoms with Crippen molar-refractivity contribution in [2.24, 2.45) is 0 Å². The minimum atomic E-state index is -0.181. The van der Waals surface area contributed by atoms with Crippen molar-refractivity contribution < 1.29 is 10.2 Å². The molecule has 0 radical (unpaired) electrons. The zero-order chi connectivity index (χ0) is 12.1. The first-order valence-electron chi connectivity index (χ1n) is 5.72. The Balaban J connectivity index is 2.24. The first-order chi connectivity index (χ1) is 8.35. The normalized spacial score (nSPS) is 10.8. The molecule has 2 rings (SSSR count). The van der Waals surface area contributed by atoms with Gasteiger partial charge in [-0.15, -0.1) is 0 Å². The lowest BCUT2D eigenvalue weighted by molar-refractivity contribution is 0.192. The van der Waals surface area contributed by atoms with Crippen molar-refractivity contribution >= 4 is 0 Å².